The molecular weight excluding hydrogens is 292 g/mol. The first-order valence-electron chi connectivity index (χ1n) is 7.68. The second-order valence-electron chi connectivity index (χ2n) is 5.40. The quantitative estimate of drug-likeness (QED) is 0.653. The zero-order chi connectivity index (χ0) is 16.2. The van der Waals surface area contributed by atoms with Gasteiger partial charge in [0.05, 0.1) is 18.0 Å². The number of imidazole rings is 1. The van der Waals surface area contributed by atoms with Crippen molar-refractivity contribution in [2.75, 3.05) is 6.54 Å². The molecule has 2 amide bonds. The molecule has 0 aliphatic carbocycles. The van der Waals surface area contributed by atoms with Crippen LogP contribution in [0.15, 0.2) is 37.1 Å². The largest absolute Gasteiger partial charge is 0.346 e. The first-order valence-corrected chi connectivity index (χ1v) is 7.68. The van der Waals surface area contributed by atoms with Crippen LogP contribution in [0.4, 0.5) is 4.79 Å². The number of carbonyl (C=O) groups excluding carboxylic acids is 1. The van der Waals surface area contributed by atoms with Crippen molar-refractivity contribution >= 4 is 28.1 Å². The number of aryl methyl sites for hydroxylation is 1. The van der Waals surface area contributed by atoms with Gasteiger partial charge in [0.1, 0.15) is 11.2 Å². The third-order valence-corrected chi connectivity index (χ3v) is 3.64. The summed E-state index contributed by atoms with van der Waals surface area (Å²) in [6.45, 7) is 7.26. The Balaban J connectivity index is 1.69. The predicted octanol–water partition coefficient (Wildman–Crippen LogP) is 2.53. The third kappa shape index (κ3) is 3.18. The SMILES string of the molecule is C=C(CCn1cnc2cnc3[nH]ccc3c21)NC(=O)NCCC. The highest BCUT2D eigenvalue weighted by Gasteiger charge is 2.09. The summed E-state index contributed by atoms with van der Waals surface area (Å²) in [4.78, 5) is 23.4. The average Bonchev–Trinajstić information content (AvgIpc) is 3.16. The summed E-state index contributed by atoms with van der Waals surface area (Å²) in [6, 6.07) is 1.79. The summed E-state index contributed by atoms with van der Waals surface area (Å²) in [5, 5.41) is 6.57. The van der Waals surface area contributed by atoms with Crippen LogP contribution >= 0.6 is 0 Å². The summed E-state index contributed by atoms with van der Waals surface area (Å²) >= 11 is 0. The number of hydrogen-bond acceptors (Lipinski definition) is 3. The monoisotopic (exact) mass is 312 g/mol. The number of allylic oxidation sites excluding steroid dienone is 1. The van der Waals surface area contributed by atoms with Gasteiger partial charge in [0.15, 0.2) is 0 Å². The molecule has 0 aromatic carbocycles. The van der Waals surface area contributed by atoms with Gasteiger partial charge >= 0.3 is 6.03 Å². The van der Waals surface area contributed by atoms with Crippen LogP contribution in [0.3, 0.4) is 0 Å². The van der Waals surface area contributed by atoms with E-state index in [2.05, 4.69) is 36.7 Å². The van der Waals surface area contributed by atoms with E-state index in [0.29, 0.717) is 25.2 Å². The maximum absolute atomic E-state index is 11.6. The summed E-state index contributed by atoms with van der Waals surface area (Å²) in [7, 11) is 0. The van der Waals surface area contributed by atoms with E-state index in [1.165, 1.54) is 0 Å². The number of carbonyl (C=O) groups is 1. The fourth-order valence-electron chi connectivity index (χ4n) is 2.50. The smallest absolute Gasteiger partial charge is 0.318 e. The molecule has 3 aromatic heterocycles. The Labute approximate surface area is 133 Å². The van der Waals surface area contributed by atoms with E-state index in [4.69, 9.17) is 0 Å². The Morgan fingerprint density at radius 2 is 2.30 bits per heavy atom. The summed E-state index contributed by atoms with van der Waals surface area (Å²) in [5.41, 5.74) is 3.42. The van der Waals surface area contributed by atoms with Gasteiger partial charge < -0.3 is 20.2 Å². The molecule has 0 atom stereocenters. The molecule has 0 bridgehead atoms. The first kappa shape index (κ1) is 15.1. The Bertz CT molecular complexity index is 847. The molecule has 0 aliphatic rings. The number of fused-ring (bicyclic) bond motifs is 3. The molecule has 120 valence electrons. The minimum atomic E-state index is -0.204. The zero-order valence-corrected chi connectivity index (χ0v) is 13.1. The number of aromatic nitrogens is 4. The van der Waals surface area contributed by atoms with Gasteiger partial charge in [-0.15, -0.1) is 0 Å². The standard InChI is InChI=1S/C16H20N6O/c1-3-6-18-16(23)21-11(2)5-8-22-10-20-13-9-19-15-12(14(13)22)4-7-17-15/h4,7,9-10H,2-3,5-6,8H2,1H3,(H,17,19)(H2,18,21,23). The van der Waals surface area contributed by atoms with E-state index in [-0.39, 0.29) is 6.03 Å². The Morgan fingerprint density at radius 1 is 1.43 bits per heavy atom. The molecule has 0 saturated heterocycles. The van der Waals surface area contributed by atoms with E-state index in [0.717, 1.165) is 28.5 Å². The second-order valence-corrected chi connectivity index (χ2v) is 5.40. The lowest BCUT2D eigenvalue weighted by Crippen LogP contribution is -2.35. The van der Waals surface area contributed by atoms with Gasteiger partial charge in [-0.05, 0) is 12.5 Å². The van der Waals surface area contributed by atoms with Crippen LogP contribution in [0.2, 0.25) is 0 Å². The lowest BCUT2D eigenvalue weighted by Gasteiger charge is -2.10. The number of nitrogens with zero attached hydrogens (tertiary/aromatic N) is 3. The van der Waals surface area contributed by atoms with Gasteiger partial charge in [-0.3, -0.25) is 0 Å². The molecule has 0 aliphatic heterocycles. The normalized spacial score (nSPS) is 11.0. The molecule has 7 heteroatoms. The summed E-state index contributed by atoms with van der Waals surface area (Å²) in [5.74, 6) is 0. The third-order valence-electron chi connectivity index (χ3n) is 3.64. The Morgan fingerprint density at radius 3 is 3.13 bits per heavy atom. The zero-order valence-electron chi connectivity index (χ0n) is 13.1. The Hall–Kier alpha value is -2.83. The second kappa shape index (κ2) is 6.51. The molecule has 0 spiro atoms. The molecule has 3 N–H and O–H groups in total. The molecule has 3 aromatic rings. The van der Waals surface area contributed by atoms with E-state index >= 15 is 0 Å². The van der Waals surface area contributed by atoms with Crippen molar-refractivity contribution in [1.29, 1.82) is 0 Å². The van der Waals surface area contributed by atoms with Crippen molar-refractivity contribution < 1.29 is 4.79 Å². The van der Waals surface area contributed by atoms with Gasteiger partial charge in [-0.2, -0.15) is 0 Å². The van der Waals surface area contributed by atoms with Crippen LogP contribution in [0.5, 0.6) is 0 Å². The number of aromatic amines is 1. The van der Waals surface area contributed by atoms with Crippen molar-refractivity contribution in [3.8, 4) is 0 Å². The van der Waals surface area contributed by atoms with E-state index < -0.39 is 0 Å². The summed E-state index contributed by atoms with van der Waals surface area (Å²) < 4.78 is 2.06. The maximum Gasteiger partial charge on any atom is 0.318 e. The molecule has 3 rings (SSSR count). The highest BCUT2D eigenvalue weighted by atomic mass is 16.2. The fourth-order valence-corrected chi connectivity index (χ4v) is 2.50. The number of amides is 2. The van der Waals surface area contributed by atoms with Gasteiger partial charge in [-0.25, -0.2) is 14.8 Å². The van der Waals surface area contributed by atoms with Crippen LogP contribution in [0.25, 0.3) is 22.1 Å². The van der Waals surface area contributed by atoms with Crippen LogP contribution in [0.1, 0.15) is 19.8 Å². The molecule has 0 fully saturated rings. The summed E-state index contributed by atoms with van der Waals surface area (Å²) in [6.07, 6.45) is 6.97. The van der Waals surface area contributed by atoms with Gasteiger partial charge in [0.2, 0.25) is 0 Å². The fraction of sp³-hybridized carbons (Fsp3) is 0.312. The minimum absolute atomic E-state index is 0.204. The van der Waals surface area contributed by atoms with Crippen LogP contribution in [-0.2, 0) is 6.54 Å². The number of nitrogens with one attached hydrogen (secondary N) is 3. The first-order chi connectivity index (χ1) is 11.2. The van der Waals surface area contributed by atoms with Crippen molar-refractivity contribution in [2.24, 2.45) is 0 Å². The van der Waals surface area contributed by atoms with Crippen LogP contribution < -0.4 is 10.6 Å². The molecule has 7 nitrogen and oxygen atoms in total. The lowest BCUT2D eigenvalue weighted by atomic mass is 10.2. The average molecular weight is 312 g/mol. The van der Waals surface area contributed by atoms with Crippen molar-refractivity contribution in [3.05, 3.63) is 37.1 Å². The van der Waals surface area contributed by atoms with Crippen LogP contribution in [-0.4, -0.2) is 32.1 Å². The highest BCUT2D eigenvalue weighted by Crippen LogP contribution is 2.22. The van der Waals surface area contributed by atoms with E-state index in [1.807, 2.05) is 19.2 Å². The maximum atomic E-state index is 11.6. The van der Waals surface area contributed by atoms with Crippen molar-refractivity contribution in [3.63, 3.8) is 0 Å². The van der Waals surface area contributed by atoms with Gasteiger partial charge in [0.25, 0.3) is 0 Å². The Kier molecular flexibility index (Phi) is 4.27. The molecular formula is C16H20N6O. The topological polar surface area (TPSA) is 87.6 Å². The predicted molar refractivity (Wildman–Crippen MR) is 90.0 cm³/mol. The van der Waals surface area contributed by atoms with E-state index in [9.17, 15) is 4.79 Å². The number of rotatable bonds is 6. The van der Waals surface area contributed by atoms with Crippen molar-refractivity contribution in [2.45, 2.75) is 26.3 Å². The molecule has 0 saturated carbocycles. The number of pyridine rings is 1. The molecule has 3 heterocycles. The number of hydrogen-bond donors (Lipinski definition) is 3. The molecule has 0 radical (unpaired) electrons. The number of urea groups is 1. The highest BCUT2D eigenvalue weighted by molar-refractivity contribution is 6.00. The molecule has 23 heavy (non-hydrogen) atoms. The minimum Gasteiger partial charge on any atom is -0.346 e. The van der Waals surface area contributed by atoms with Gasteiger partial charge in [0, 0.05) is 36.8 Å². The molecule has 0 unspecified atom stereocenters. The van der Waals surface area contributed by atoms with E-state index in [1.54, 1.807) is 12.5 Å². The lowest BCUT2D eigenvalue weighted by molar-refractivity contribution is 0.243. The van der Waals surface area contributed by atoms with Gasteiger partial charge in [-0.1, -0.05) is 13.5 Å². The van der Waals surface area contributed by atoms with Crippen molar-refractivity contribution in [1.82, 2.24) is 30.2 Å². The van der Waals surface area contributed by atoms with Crippen LogP contribution in [0, 0.1) is 0 Å². The number of H-pyrrole nitrogens is 1.